The van der Waals surface area contributed by atoms with E-state index in [1.807, 2.05) is 12.1 Å². The van der Waals surface area contributed by atoms with Crippen molar-refractivity contribution >= 4 is 27.5 Å². The molecule has 3 rings (SSSR count). The van der Waals surface area contributed by atoms with E-state index in [9.17, 15) is 13.2 Å². The van der Waals surface area contributed by atoms with E-state index < -0.39 is 10.0 Å². The number of hydroxylamine groups is 1. The van der Waals surface area contributed by atoms with Crippen LogP contribution < -0.4 is 5.32 Å². The molecule has 2 aromatic rings. The molecule has 1 aliphatic rings. The molecule has 1 N–H and O–H groups in total. The molecule has 2 aromatic carbocycles. The Morgan fingerprint density at radius 2 is 1.89 bits per heavy atom. The number of nitrogens with one attached hydrogen (secondary N) is 1. The predicted molar refractivity (Wildman–Crippen MR) is 103 cm³/mol. The maximum absolute atomic E-state index is 12.8. The van der Waals surface area contributed by atoms with E-state index >= 15 is 0 Å². The van der Waals surface area contributed by atoms with Crippen molar-refractivity contribution in [2.24, 2.45) is 5.92 Å². The van der Waals surface area contributed by atoms with Gasteiger partial charge in [-0.1, -0.05) is 34.3 Å². The number of halogens is 1. The highest BCUT2D eigenvalue weighted by Crippen LogP contribution is 2.41. The fraction of sp³-hybridized carbons (Fsp3) is 0.316. The molecular formula is C19H21ClN2O4S. The van der Waals surface area contributed by atoms with Crippen LogP contribution in [-0.2, 0) is 14.9 Å². The summed E-state index contributed by atoms with van der Waals surface area (Å²) in [4.78, 5) is 17.5. The van der Waals surface area contributed by atoms with E-state index in [4.69, 9.17) is 16.4 Å². The van der Waals surface area contributed by atoms with Gasteiger partial charge in [-0.2, -0.15) is 0 Å². The Kier molecular flexibility index (Phi) is 5.86. The van der Waals surface area contributed by atoms with E-state index in [-0.39, 0.29) is 22.4 Å². The number of nitrogens with zero attached hydrogens (tertiary/aromatic N) is 1. The molecule has 1 saturated carbocycles. The minimum Gasteiger partial charge on any atom is -0.345 e. The molecule has 1 unspecified atom stereocenters. The minimum atomic E-state index is -3.82. The SMILES string of the molecule is CON(C)S(=O)(=O)c1cccc(C(=O)NC(c2ccc(Cl)cc2)C2CC2)c1. The summed E-state index contributed by atoms with van der Waals surface area (Å²) in [5.41, 5.74) is 1.26. The lowest BCUT2D eigenvalue weighted by Crippen LogP contribution is -2.30. The van der Waals surface area contributed by atoms with Crippen molar-refractivity contribution in [3.05, 3.63) is 64.7 Å². The summed E-state index contributed by atoms with van der Waals surface area (Å²) in [5, 5.41) is 3.67. The van der Waals surface area contributed by atoms with Crippen LogP contribution in [0.1, 0.15) is 34.8 Å². The van der Waals surface area contributed by atoms with Gasteiger partial charge in [0, 0.05) is 17.6 Å². The summed E-state index contributed by atoms with van der Waals surface area (Å²) in [5.74, 6) is 0.0561. The number of carbonyl (C=O) groups is 1. The van der Waals surface area contributed by atoms with Crippen LogP contribution in [0.15, 0.2) is 53.4 Å². The van der Waals surface area contributed by atoms with Gasteiger partial charge in [-0.15, -0.1) is 0 Å². The van der Waals surface area contributed by atoms with Crippen LogP contribution in [0.3, 0.4) is 0 Å². The minimum absolute atomic E-state index is 0.00559. The topological polar surface area (TPSA) is 75.7 Å². The number of hydrogen-bond acceptors (Lipinski definition) is 4. The lowest BCUT2D eigenvalue weighted by molar-refractivity contribution is -0.0258. The molecule has 0 aliphatic heterocycles. The molecule has 27 heavy (non-hydrogen) atoms. The summed E-state index contributed by atoms with van der Waals surface area (Å²) in [6.45, 7) is 0. The number of rotatable bonds is 7. The largest absolute Gasteiger partial charge is 0.345 e. The van der Waals surface area contributed by atoms with Crippen LogP contribution in [0.4, 0.5) is 0 Å². The molecule has 8 heteroatoms. The highest BCUT2D eigenvalue weighted by Gasteiger charge is 2.33. The first kappa shape index (κ1) is 19.8. The molecule has 0 spiro atoms. The van der Waals surface area contributed by atoms with Crippen molar-refractivity contribution in [2.45, 2.75) is 23.8 Å². The van der Waals surface area contributed by atoms with Crippen LogP contribution in [0.2, 0.25) is 5.02 Å². The first-order chi connectivity index (χ1) is 12.8. The lowest BCUT2D eigenvalue weighted by atomic mass is 10.0. The van der Waals surface area contributed by atoms with E-state index in [0.717, 1.165) is 22.9 Å². The summed E-state index contributed by atoms with van der Waals surface area (Å²) < 4.78 is 25.5. The van der Waals surface area contributed by atoms with E-state index in [0.29, 0.717) is 10.9 Å². The standard InChI is InChI=1S/C19H21ClN2O4S/c1-22(26-2)27(24,25)17-5-3-4-15(12-17)19(23)21-18(13-6-7-13)14-8-10-16(20)11-9-14/h3-5,8-13,18H,6-7H2,1-2H3,(H,21,23). The Balaban J connectivity index is 1.83. The zero-order valence-corrected chi connectivity index (χ0v) is 16.6. The average molecular weight is 409 g/mol. The highest BCUT2D eigenvalue weighted by atomic mass is 35.5. The number of benzene rings is 2. The van der Waals surface area contributed by atoms with Gasteiger partial charge < -0.3 is 5.32 Å². The second-order valence-electron chi connectivity index (χ2n) is 6.47. The molecular weight excluding hydrogens is 388 g/mol. The molecule has 0 bridgehead atoms. The van der Waals surface area contributed by atoms with Crippen LogP contribution >= 0.6 is 11.6 Å². The van der Waals surface area contributed by atoms with Crippen molar-refractivity contribution < 1.29 is 18.0 Å². The maximum atomic E-state index is 12.8. The van der Waals surface area contributed by atoms with Crippen LogP contribution in [-0.4, -0.2) is 33.0 Å². The number of amides is 1. The summed E-state index contributed by atoms with van der Waals surface area (Å²) in [7, 11) is -1.26. The predicted octanol–water partition coefficient (Wildman–Crippen LogP) is 3.40. The molecule has 6 nitrogen and oxygen atoms in total. The van der Waals surface area contributed by atoms with E-state index in [1.54, 1.807) is 24.3 Å². The van der Waals surface area contributed by atoms with Gasteiger partial charge in [0.2, 0.25) is 0 Å². The molecule has 0 aromatic heterocycles. The van der Waals surface area contributed by atoms with Crippen molar-refractivity contribution in [3.8, 4) is 0 Å². The van der Waals surface area contributed by atoms with Gasteiger partial charge in [-0.05, 0) is 54.7 Å². The summed E-state index contributed by atoms with van der Waals surface area (Å²) in [6, 6.07) is 13.2. The van der Waals surface area contributed by atoms with Crippen LogP contribution in [0, 0.1) is 5.92 Å². The van der Waals surface area contributed by atoms with Gasteiger partial charge in [-0.25, -0.2) is 8.42 Å². The fourth-order valence-corrected chi connectivity index (χ4v) is 3.99. The average Bonchev–Trinajstić information content (AvgIpc) is 3.51. The Morgan fingerprint density at radius 1 is 1.22 bits per heavy atom. The second-order valence-corrected chi connectivity index (χ2v) is 8.84. The van der Waals surface area contributed by atoms with Gasteiger partial charge in [0.1, 0.15) is 0 Å². The third-order valence-electron chi connectivity index (χ3n) is 4.60. The molecule has 0 heterocycles. The Morgan fingerprint density at radius 3 is 2.48 bits per heavy atom. The number of hydrogen-bond donors (Lipinski definition) is 1. The summed E-state index contributed by atoms with van der Waals surface area (Å²) in [6.07, 6.45) is 2.08. The molecule has 1 fully saturated rings. The second kappa shape index (κ2) is 7.98. The lowest BCUT2D eigenvalue weighted by Gasteiger charge is -2.19. The van der Waals surface area contributed by atoms with E-state index in [1.165, 1.54) is 26.3 Å². The molecule has 0 saturated heterocycles. The molecule has 0 radical (unpaired) electrons. The third kappa shape index (κ3) is 4.50. The van der Waals surface area contributed by atoms with Gasteiger partial charge >= 0.3 is 0 Å². The smallest absolute Gasteiger partial charge is 0.264 e. The van der Waals surface area contributed by atoms with Gasteiger partial charge in [-0.3, -0.25) is 9.63 Å². The quantitative estimate of drug-likeness (QED) is 0.712. The van der Waals surface area contributed by atoms with Gasteiger partial charge in [0.05, 0.1) is 18.0 Å². The summed E-state index contributed by atoms with van der Waals surface area (Å²) >= 11 is 5.95. The van der Waals surface area contributed by atoms with Gasteiger partial charge in [0.15, 0.2) is 0 Å². The van der Waals surface area contributed by atoms with Crippen LogP contribution in [0.5, 0.6) is 0 Å². The first-order valence-corrected chi connectivity index (χ1v) is 10.3. The van der Waals surface area contributed by atoms with Crippen molar-refractivity contribution in [3.63, 3.8) is 0 Å². The fourth-order valence-electron chi connectivity index (χ4n) is 2.84. The van der Waals surface area contributed by atoms with E-state index in [2.05, 4.69) is 5.32 Å². The normalized spacial score (nSPS) is 15.6. The molecule has 1 amide bonds. The Labute approximate surface area is 164 Å². The molecule has 144 valence electrons. The molecule has 1 atom stereocenters. The zero-order valence-electron chi connectivity index (χ0n) is 15.1. The monoisotopic (exact) mass is 408 g/mol. The van der Waals surface area contributed by atoms with Crippen molar-refractivity contribution in [2.75, 3.05) is 14.2 Å². The third-order valence-corrected chi connectivity index (χ3v) is 6.53. The maximum Gasteiger partial charge on any atom is 0.264 e. The molecule has 1 aliphatic carbocycles. The van der Waals surface area contributed by atoms with Gasteiger partial charge in [0.25, 0.3) is 15.9 Å². The zero-order chi connectivity index (χ0) is 19.6. The van der Waals surface area contributed by atoms with Crippen molar-refractivity contribution in [1.29, 1.82) is 0 Å². The number of carbonyl (C=O) groups excluding carboxylic acids is 1. The Hall–Kier alpha value is -1.93. The Bertz CT molecular complexity index is 927. The van der Waals surface area contributed by atoms with Crippen molar-refractivity contribution in [1.82, 2.24) is 9.79 Å². The first-order valence-electron chi connectivity index (χ1n) is 8.52. The van der Waals surface area contributed by atoms with Crippen LogP contribution in [0.25, 0.3) is 0 Å². The number of sulfonamides is 1. The highest BCUT2D eigenvalue weighted by molar-refractivity contribution is 7.89.